The van der Waals surface area contributed by atoms with Crippen LogP contribution in [0.2, 0.25) is 0 Å². The first-order valence-electron chi connectivity index (χ1n) is 7.56. The standard InChI is InChI=1S/C19H25NO2/c1-13-6-8-17(11-19(13)22-5)15(3)20-12-16-7-9-18(21-4)14(2)10-16/h6-11,15,20H,12H2,1-5H3. The van der Waals surface area contributed by atoms with Gasteiger partial charge in [0.05, 0.1) is 14.2 Å². The zero-order valence-corrected chi connectivity index (χ0v) is 14.1. The third kappa shape index (κ3) is 3.80. The van der Waals surface area contributed by atoms with E-state index in [1.165, 1.54) is 11.1 Å². The molecule has 0 spiro atoms. The quantitative estimate of drug-likeness (QED) is 0.868. The number of nitrogens with one attached hydrogen (secondary N) is 1. The highest BCUT2D eigenvalue weighted by molar-refractivity contribution is 5.38. The Morgan fingerprint density at radius 1 is 0.909 bits per heavy atom. The summed E-state index contributed by atoms with van der Waals surface area (Å²) >= 11 is 0. The summed E-state index contributed by atoms with van der Waals surface area (Å²) in [4.78, 5) is 0. The summed E-state index contributed by atoms with van der Waals surface area (Å²) in [6.45, 7) is 7.11. The first-order valence-corrected chi connectivity index (χ1v) is 7.56. The average molecular weight is 299 g/mol. The second-order valence-electron chi connectivity index (χ2n) is 5.64. The summed E-state index contributed by atoms with van der Waals surface area (Å²) in [5.41, 5.74) is 4.80. The fraction of sp³-hybridized carbons (Fsp3) is 0.368. The van der Waals surface area contributed by atoms with Crippen LogP contribution >= 0.6 is 0 Å². The first-order chi connectivity index (χ1) is 10.5. The molecule has 2 rings (SSSR count). The van der Waals surface area contributed by atoms with Gasteiger partial charge in [-0.2, -0.15) is 0 Å². The molecule has 0 aliphatic carbocycles. The van der Waals surface area contributed by atoms with E-state index in [4.69, 9.17) is 9.47 Å². The van der Waals surface area contributed by atoms with Crippen LogP contribution in [0.1, 0.15) is 35.2 Å². The van der Waals surface area contributed by atoms with Crippen molar-refractivity contribution in [2.24, 2.45) is 0 Å². The van der Waals surface area contributed by atoms with Gasteiger partial charge in [0.2, 0.25) is 0 Å². The average Bonchev–Trinajstić information content (AvgIpc) is 2.53. The van der Waals surface area contributed by atoms with Crippen LogP contribution in [0, 0.1) is 13.8 Å². The maximum atomic E-state index is 5.40. The van der Waals surface area contributed by atoms with E-state index >= 15 is 0 Å². The molecule has 0 saturated carbocycles. The Bertz CT molecular complexity index is 637. The van der Waals surface area contributed by atoms with Gasteiger partial charge < -0.3 is 14.8 Å². The van der Waals surface area contributed by atoms with Crippen molar-refractivity contribution in [3.05, 3.63) is 58.7 Å². The van der Waals surface area contributed by atoms with Crippen molar-refractivity contribution in [2.45, 2.75) is 33.4 Å². The van der Waals surface area contributed by atoms with Crippen LogP contribution in [0.15, 0.2) is 36.4 Å². The monoisotopic (exact) mass is 299 g/mol. The lowest BCUT2D eigenvalue weighted by Crippen LogP contribution is -2.18. The molecular formula is C19H25NO2. The molecule has 0 amide bonds. The van der Waals surface area contributed by atoms with E-state index in [9.17, 15) is 0 Å². The molecule has 3 nitrogen and oxygen atoms in total. The Balaban J connectivity index is 2.03. The van der Waals surface area contributed by atoms with Crippen LogP contribution in [-0.2, 0) is 6.54 Å². The zero-order valence-electron chi connectivity index (χ0n) is 14.1. The van der Waals surface area contributed by atoms with Crippen molar-refractivity contribution in [3.63, 3.8) is 0 Å². The third-order valence-electron chi connectivity index (χ3n) is 4.00. The molecule has 22 heavy (non-hydrogen) atoms. The van der Waals surface area contributed by atoms with Crippen molar-refractivity contribution >= 4 is 0 Å². The summed E-state index contributed by atoms with van der Waals surface area (Å²) < 4.78 is 10.7. The van der Waals surface area contributed by atoms with Gasteiger partial charge in [-0.25, -0.2) is 0 Å². The number of ether oxygens (including phenoxy) is 2. The van der Waals surface area contributed by atoms with E-state index in [-0.39, 0.29) is 6.04 Å². The summed E-state index contributed by atoms with van der Waals surface area (Å²) in [5, 5.41) is 3.55. The van der Waals surface area contributed by atoms with Crippen molar-refractivity contribution in [1.29, 1.82) is 0 Å². The number of benzene rings is 2. The molecule has 2 aromatic carbocycles. The molecule has 0 heterocycles. The predicted molar refractivity (Wildman–Crippen MR) is 90.7 cm³/mol. The zero-order chi connectivity index (χ0) is 16.1. The number of hydrogen-bond acceptors (Lipinski definition) is 3. The van der Waals surface area contributed by atoms with Gasteiger partial charge in [-0.3, -0.25) is 0 Å². The third-order valence-corrected chi connectivity index (χ3v) is 4.00. The molecule has 0 saturated heterocycles. The normalized spacial score (nSPS) is 12.0. The lowest BCUT2D eigenvalue weighted by molar-refractivity contribution is 0.410. The molecule has 0 aliphatic heterocycles. The van der Waals surface area contributed by atoms with Crippen LogP contribution in [0.25, 0.3) is 0 Å². The van der Waals surface area contributed by atoms with Gasteiger partial charge in [0.15, 0.2) is 0 Å². The summed E-state index contributed by atoms with van der Waals surface area (Å²) in [6, 6.07) is 12.9. The fourth-order valence-electron chi connectivity index (χ4n) is 2.55. The van der Waals surface area contributed by atoms with E-state index in [1.807, 2.05) is 6.07 Å². The molecule has 2 aromatic rings. The number of hydrogen-bond donors (Lipinski definition) is 1. The SMILES string of the molecule is COc1ccc(CNC(C)c2ccc(C)c(OC)c2)cc1C. The van der Waals surface area contributed by atoms with Gasteiger partial charge in [0, 0.05) is 12.6 Å². The summed E-state index contributed by atoms with van der Waals surface area (Å²) in [6.07, 6.45) is 0. The molecule has 0 aliphatic rings. The Kier molecular flexibility index (Phi) is 5.45. The Morgan fingerprint density at radius 2 is 1.64 bits per heavy atom. The molecule has 0 bridgehead atoms. The van der Waals surface area contributed by atoms with Crippen LogP contribution in [-0.4, -0.2) is 14.2 Å². The van der Waals surface area contributed by atoms with Crippen LogP contribution in [0.3, 0.4) is 0 Å². The molecule has 1 N–H and O–H groups in total. The largest absolute Gasteiger partial charge is 0.496 e. The van der Waals surface area contributed by atoms with Crippen LogP contribution in [0.4, 0.5) is 0 Å². The van der Waals surface area contributed by atoms with Gasteiger partial charge in [-0.05, 0) is 55.2 Å². The van der Waals surface area contributed by atoms with Gasteiger partial charge in [-0.1, -0.05) is 24.3 Å². The highest BCUT2D eigenvalue weighted by Crippen LogP contribution is 2.24. The van der Waals surface area contributed by atoms with Crippen molar-refractivity contribution in [3.8, 4) is 11.5 Å². The fourth-order valence-corrected chi connectivity index (χ4v) is 2.55. The number of methoxy groups -OCH3 is 2. The van der Waals surface area contributed by atoms with E-state index in [2.05, 4.69) is 56.4 Å². The molecular weight excluding hydrogens is 274 g/mol. The van der Waals surface area contributed by atoms with Gasteiger partial charge in [0.25, 0.3) is 0 Å². The first kappa shape index (κ1) is 16.4. The molecule has 0 radical (unpaired) electrons. The highest BCUT2D eigenvalue weighted by Gasteiger charge is 2.08. The van der Waals surface area contributed by atoms with Gasteiger partial charge in [0.1, 0.15) is 11.5 Å². The molecule has 0 fully saturated rings. The van der Waals surface area contributed by atoms with Crippen molar-refractivity contribution in [1.82, 2.24) is 5.32 Å². The molecule has 0 aromatic heterocycles. The van der Waals surface area contributed by atoms with Crippen LogP contribution < -0.4 is 14.8 Å². The second-order valence-corrected chi connectivity index (χ2v) is 5.64. The molecule has 1 atom stereocenters. The summed E-state index contributed by atoms with van der Waals surface area (Å²) in [5.74, 6) is 1.87. The maximum Gasteiger partial charge on any atom is 0.122 e. The van der Waals surface area contributed by atoms with E-state index < -0.39 is 0 Å². The second kappa shape index (κ2) is 7.32. The molecule has 118 valence electrons. The number of aryl methyl sites for hydroxylation is 2. The Hall–Kier alpha value is -2.00. The minimum absolute atomic E-state index is 0.261. The predicted octanol–water partition coefficient (Wildman–Crippen LogP) is 4.17. The topological polar surface area (TPSA) is 30.5 Å². The smallest absolute Gasteiger partial charge is 0.122 e. The minimum Gasteiger partial charge on any atom is -0.496 e. The van der Waals surface area contributed by atoms with E-state index in [1.54, 1.807) is 14.2 Å². The maximum absolute atomic E-state index is 5.40. The molecule has 1 unspecified atom stereocenters. The van der Waals surface area contributed by atoms with E-state index in [0.717, 1.165) is 29.2 Å². The van der Waals surface area contributed by atoms with Crippen LogP contribution in [0.5, 0.6) is 11.5 Å². The van der Waals surface area contributed by atoms with E-state index in [0.29, 0.717) is 0 Å². The highest BCUT2D eigenvalue weighted by atomic mass is 16.5. The van der Waals surface area contributed by atoms with Gasteiger partial charge >= 0.3 is 0 Å². The Morgan fingerprint density at radius 3 is 2.27 bits per heavy atom. The Labute approximate surface area is 133 Å². The minimum atomic E-state index is 0.261. The number of rotatable bonds is 6. The lowest BCUT2D eigenvalue weighted by Gasteiger charge is -2.17. The summed E-state index contributed by atoms with van der Waals surface area (Å²) in [7, 11) is 3.41. The molecule has 3 heteroatoms. The van der Waals surface area contributed by atoms with Gasteiger partial charge in [-0.15, -0.1) is 0 Å². The van der Waals surface area contributed by atoms with Crippen molar-refractivity contribution in [2.75, 3.05) is 14.2 Å². The van der Waals surface area contributed by atoms with Crippen molar-refractivity contribution < 1.29 is 9.47 Å². The lowest BCUT2D eigenvalue weighted by atomic mass is 10.0.